The molecule has 6 nitrogen and oxygen atoms in total. The van der Waals surface area contributed by atoms with E-state index in [1.807, 2.05) is 36.4 Å². The van der Waals surface area contributed by atoms with Crippen LogP contribution in [0.25, 0.3) is 22.4 Å². The van der Waals surface area contributed by atoms with Crippen molar-refractivity contribution < 1.29 is 13.2 Å². The lowest BCUT2D eigenvalue weighted by Gasteiger charge is -2.10. The molecule has 0 fully saturated rings. The van der Waals surface area contributed by atoms with Gasteiger partial charge in [-0.25, -0.2) is 8.42 Å². The Labute approximate surface area is 194 Å². The molecule has 0 bridgehead atoms. The van der Waals surface area contributed by atoms with Gasteiger partial charge in [0.15, 0.2) is 0 Å². The largest absolute Gasteiger partial charge is 0.476 e. The minimum Gasteiger partial charge on any atom is -0.476 e. The lowest BCUT2D eigenvalue weighted by molar-refractivity contribution is 0.258. The van der Waals surface area contributed by atoms with Crippen LogP contribution in [0.2, 0.25) is 0 Å². The molecule has 0 spiro atoms. The number of benzene rings is 3. The van der Waals surface area contributed by atoms with Crippen molar-refractivity contribution in [1.29, 1.82) is 0 Å². The third kappa shape index (κ3) is 5.75. The summed E-state index contributed by atoms with van der Waals surface area (Å²) in [5.41, 5.74) is 3.97. The molecule has 0 saturated heterocycles. The Morgan fingerprint density at radius 2 is 1.39 bits per heavy atom. The van der Waals surface area contributed by atoms with E-state index in [0.717, 1.165) is 16.7 Å². The molecule has 0 unspecified atom stereocenters. The van der Waals surface area contributed by atoms with Crippen molar-refractivity contribution in [3.05, 3.63) is 91.0 Å². The molecule has 1 N–H and O–H groups in total. The molecule has 1 aromatic heterocycles. The monoisotopic (exact) mass is 459 g/mol. The number of aromatic nitrogens is 2. The van der Waals surface area contributed by atoms with Crippen molar-refractivity contribution in [1.82, 2.24) is 10.2 Å². The molecule has 33 heavy (non-hydrogen) atoms. The zero-order valence-corrected chi connectivity index (χ0v) is 19.3. The van der Waals surface area contributed by atoms with Gasteiger partial charge >= 0.3 is 0 Å². The minimum atomic E-state index is -3.70. The Bertz CT molecular complexity index is 1290. The Morgan fingerprint density at radius 3 is 2.00 bits per heavy atom. The van der Waals surface area contributed by atoms with Crippen LogP contribution in [-0.4, -0.2) is 25.2 Å². The van der Waals surface area contributed by atoms with Crippen LogP contribution in [-0.2, 0) is 10.0 Å². The van der Waals surface area contributed by atoms with Crippen LogP contribution in [0.1, 0.15) is 13.8 Å². The molecule has 0 saturated carbocycles. The highest BCUT2D eigenvalue weighted by atomic mass is 32.2. The average molecular weight is 460 g/mol. The quantitative estimate of drug-likeness (QED) is 0.368. The van der Waals surface area contributed by atoms with Crippen LogP contribution in [0, 0.1) is 5.92 Å². The predicted molar refractivity (Wildman–Crippen MR) is 130 cm³/mol. The molecule has 1 heterocycles. The lowest BCUT2D eigenvalue weighted by atomic mass is 10.1. The van der Waals surface area contributed by atoms with Crippen molar-refractivity contribution in [2.75, 3.05) is 11.3 Å². The third-order valence-electron chi connectivity index (χ3n) is 4.91. The minimum absolute atomic E-state index is 0.203. The molecule has 0 aliphatic rings. The van der Waals surface area contributed by atoms with Gasteiger partial charge in [0.25, 0.3) is 10.0 Å². The summed E-state index contributed by atoms with van der Waals surface area (Å²) in [5, 5.41) is 8.29. The number of hydrogen-bond donors (Lipinski definition) is 1. The molecular weight excluding hydrogens is 434 g/mol. The van der Waals surface area contributed by atoms with Gasteiger partial charge in [0.2, 0.25) is 5.88 Å². The van der Waals surface area contributed by atoms with E-state index in [2.05, 4.69) is 28.8 Å². The van der Waals surface area contributed by atoms with Crippen molar-refractivity contribution in [2.45, 2.75) is 18.7 Å². The average Bonchev–Trinajstić information content (AvgIpc) is 2.84. The fourth-order valence-corrected chi connectivity index (χ4v) is 4.24. The number of hydrogen-bond acceptors (Lipinski definition) is 5. The van der Waals surface area contributed by atoms with E-state index in [-0.39, 0.29) is 4.90 Å². The Morgan fingerprint density at radius 1 is 0.758 bits per heavy atom. The molecule has 0 aliphatic heterocycles. The molecule has 0 aliphatic carbocycles. The standard InChI is InChI=1S/C26H25N3O3S/c1-19(2)18-32-26-17-16-25(27-28-26)22-8-12-23(13-9-22)29-33(30,31)24-14-10-21(11-15-24)20-6-4-3-5-7-20/h3-17,19,29H,18H2,1-2H3. The zero-order valence-electron chi connectivity index (χ0n) is 18.5. The highest BCUT2D eigenvalue weighted by molar-refractivity contribution is 7.92. The van der Waals surface area contributed by atoms with E-state index in [4.69, 9.17) is 4.74 Å². The van der Waals surface area contributed by atoms with Crippen LogP contribution >= 0.6 is 0 Å². The van der Waals surface area contributed by atoms with Gasteiger partial charge in [-0.2, -0.15) is 0 Å². The highest BCUT2D eigenvalue weighted by Gasteiger charge is 2.14. The number of ether oxygens (including phenoxy) is 1. The van der Waals surface area contributed by atoms with Gasteiger partial charge in [0.05, 0.1) is 17.2 Å². The van der Waals surface area contributed by atoms with Crippen molar-refractivity contribution in [3.8, 4) is 28.3 Å². The summed E-state index contributed by atoms with van der Waals surface area (Å²) in [7, 11) is -3.70. The third-order valence-corrected chi connectivity index (χ3v) is 6.31. The zero-order chi connectivity index (χ0) is 23.3. The van der Waals surface area contributed by atoms with E-state index in [1.165, 1.54) is 0 Å². The van der Waals surface area contributed by atoms with Gasteiger partial charge in [0.1, 0.15) is 0 Å². The van der Waals surface area contributed by atoms with E-state index < -0.39 is 10.0 Å². The molecule has 3 aromatic carbocycles. The summed E-state index contributed by atoms with van der Waals surface area (Å²) in [6.45, 7) is 4.71. The van der Waals surface area contributed by atoms with Crippen LogP contribution in [0.3, 0.4) is 0 Å². The fourth-order valence-electron chi connectivity index (χ4n) is 3.18. The molecule has 0 radical (unpaired) electrons. The maximum Gasteiger partial charge on any atom is 0.261 e. The van der Waals surface area contributed by atoms with Crippen LogP contribution < -0.4 is 9.46 Å². The van der Waals surface area contributed by atoms with Crippen molar-refractivity contribution in [3.63, 3.8) is 0 Å². The van der Waals surface area contributed by atoms with Gasteiger partial charge < -0.3 is 4.74 Å². The number of nitrogens with zero attached hydrogens (tertiary/aromatic N) is 2. The second-order valence-corrected chi connectivity index (χ2v) is 9.72. The summed E-state index contributed by atoms with van der Waals surface area (Å²) >= 11 is 0. The second-order valence-electron chi connectivity index (χ2n) is 8.03. The van der Waals surface area contributed by atoms with Gasteiger partial charge in [-0.05, 0) is 47.4 Å². The van der Waals surface area contributed by atoms with Crippen LogP contribution in [0.5, 0.6) is 5.88 Å². The van der Waals surface area contributed by atoms with Gasteiger partial charge in [-0.3, -0.25) is 4.72 Å². The smallest absolute Gasteiger partial charge is 0.261 e. The van der Waals surface area contributed by atoms with Gasteiger partial charge in [-0.1, -0.05) is 68.4 Å². The molecule has 168 valence electrons. The molecule has 0 atom stereocenters. The van der Waals surface area contributed by atoms with Gasteiger partial charge in [0, 0.05) is 17.3 Å². The first-order valence-corrected chi connectivity index (χ1v) is 12.1. The first-order valence-electron chi connectivity index (χ1n) is 10.7. The molecular formula is C26H25N3O3S. The number of rotatable bonds is 8. The first-order chi connectivity index (χ1) is 15.9. The Balaban J connectivity index is 1.44. The SMILES string of the molecule is CC(C)COc1ccc(-c2ccc(NS(=O)(=O)c3ccc(-c4ccccc4)cc3)cc2)nn1. The molecule has 4 aromatic rings. The summed E-state index contributed by atoms with van der Waals surface area (Å²) in [5.74, 6) is 0.889. The van der Waals surface area contributed by atoms with Crippen LogP contribution in [0.15, 0.2) is 95.9 Å². The molecule has 4 rings (SSSR count). The maximum atomic E-state index is 12.8. The van der Waals surface area contributed by atoms with Crippen molar-refractivity contribution >= 4 is 15.7 Å². The van der Waals surface area contributed by atoms with E-state index in [0.29, 0.717) is 29.8 Å². The number of sulfonamides is 1. The predicted octanol–water partition coefficient (Wildman–Crippen LogP) is 5.65. The summed E-state index contributed by atoms with van der Waals surface area (Å²) in [6, 6.07) is 27.3. The highest BCUT2D eigenvalue weighted by Crippen LogP contribution is 2.24. The summed E-state index contributed by atoms with van der Waals surface area (Å²) in [6.07, 6.45) is 0. The topological polar surface area (TPSA) is 81.2 Å². The first kappa shape index (κ1) is 22.5. The van der Waals surface area contributed by atoms with E-state index in [1.54, 1.807) is 54.6 Å². The fraction of sp³-hybridized carbons (Fsp3) is 0.154. The Hall–Kier alpha value is -3.71. The summed E-state index contributed by atoms with van der Waals surface area (Å²) < 4.78 is 33.8. The maximum absolute atomic E-state index is 12.8. The number of anilines is 1. The molecule has 7 heteroatoms. The van der Waals surface area contributed by atoms with E-state index >= 15 is 0 Å². The summed E-state index contributed by atoms with van der Waals surface area (Å²) in [4.78, 5) is 0.203. The number of nitrogens with one attached hydrogen (secondary N) is 1. The second kappa shape index (κ2) is 9.83. The van der Waals surface area contributed by atoms with Gasteiger partial charge in [-0.15, -0.1) is 10.2 Å². The Kier molecular flexibility index (Phi) is 6.70. The lowest BCUT2D eigenvalue weighted by Crippen LogP contribution is -2.12. The normalized spacial score (nSPS) is 11.4. The van der Waals surface area contributed by atoms with Crippen LogP contribution in [0.4, 0.5) is 5.69 Å². The van der Waals surface area contributed by atoms with Crippen molar-refractivity contribution in [2.24, 2.45) is 5.92 Å². The molecule has 0 amide bonds. The van der Waals surface area contributed by atoms with E-state index in [9.17, 15) is 8.42 Å².